The van der Waals surface area contributed by atoms with Gasteiger partial charge in [-0.25, -0.2) is 9.37 Å². The second kappa shape index (κ2) is 6.58. The quantitative estimate of drug-likeness (QED) is 0.783. The summed E-state index contributed by atoms with van der Waals surface area (Å²) in [5.41, 5.74) is 1.53. The number of hydrogen-bond acceptors (Lipinski definition) is 5. The van der Waals surface area contributed by atoms with E-state index >= 15 is 0 Å². The molecule has 1 aromatic rings. The smallest absolute Gasteiger partial charge is 0.333 e. The number of anilines is 1. The highest BCUT2D eigenvalue weighted by Crippen LogP contribution is 2.25. The Bertz CT molecular complexity index is 861. The van der Waals surface area contributed by atoms with Crippen LogP contribution in [0, 0.1) is 6.92 Å². The van der Waals surface area contributed by atoms with Gasteiger partial charge in [0.15, 0.2) is 6.54 Å². The van der Waals surface area contributed by atoms with Crippen LogP contribution >= 0.6 is 0 Å². The Kier molecular flexibility index (Phi) is 4.45. The first-order chi connectivity index (χ1) is 12.3. The van der Waals surface area contributed by atoms with Gasteiger partial charge in [0, 0.05) is 14.1 Å². The molecule has 2 aliphatic heterocycles. The average molecular weight is 358 g/mol. The number of methoxy groups -OCH3 is 1. The van der Waals surface area contributed by atoms with Gasteiger partial charge in [0.05, 0.1) is 12.8 Å². The lowest BCUT2D eigenvalue weighted by Gasteiger charge is -2.30. The number of nitrogens with zero attached hydrogens (tertiary/aromatic N) is 4. The Labute approximate surface area is 150 Å². The minimum Gasteiger partial charge on any atom is -0.495 e. The van der Waals surface area contributed by atoms with Crippen molar-refractivity contribution in [1.82, 2.24) is 9.80 Å². The third kappa shape index (κ3) is 2.92. The minimum absolute atomic E-state index is 0.0869. The zero-order valence-corrected chi connectivity index (χ0v) is 15.0. The van der Waals surface area contributed by atoms with Crippen molar-refractivity contribution in [3.05, 3.63) is 23.8 Å². The zero-order valence-electron chi connectivity index (χ0n) is 15.0. The number of aliphatic imine (C=N–C) groups is 1. The lowest BCUT2D eigenvalue weighted by Crippen LogP contribution is -2.61. The molecule has 1 atom stereocenters. The van der Waals surface area contributed by atoms with Crippen molar-refractivity contribution in [2.24, 2.45) is 4.99 Å². The monoisotopic (exact) mass is 358 g/mol. The molecule has 4 amide bonds. The lowest BCUT2D eigenvalue weighted by molar-refractivity contribution is -0.519. The summed E-state index contributed by atoms with van der Waals surface area (Å²) in [7, 11) is 4.48. The molecule has 3 rings (SSSR count). The molecule has 0 aliphatic carbocycles. The second-order valence-corrected chi connectivity index (χ2v) is 6.17. The first-order valence-corrected chi connectivity index (χ1v) is 8.00. The summed E-state index contributed by atoms with van der Waals surface area (Å²) in [4.78, 5) is 43.4. The number of carbonyl (C=O) groups excluding carboxylic acids is 3. The first kappa shape index (κ1) is 17.6. The maximum absolute atomic E-state index is 12.5. The lowest BCUT2D eigenvalue weighted by atomic mass is 10.1. The van der Waals surface area contributed by atoms with Gasteiger partial charge >= 0.3 is 6.03 Å². The fourth-order valence-electron chi connectivity index (χ4n) is 2.95. The molecule has 1 unspecified atom stereocenters. The van der Waals surface area contributed by atoms with Gasteiger partial charge in [-0.05, 0) is 29.6 Å². The molecule has 1 aromatic carbocycles. The van der Waals surface area contributed by atoms with Crippen LogP contribution in [0.2, 0.25) is 0 Å². The second-order valence-electron chi connectivity index (χ2n) is 6.17. The van der Waals surface area contributed by atoms with Crippen molar-refractivity contribution in [2.75, 3.05) is 33.1 Å². The molecule has 0 radical (unpaired) electrons. The molecule has 9 heteroatoms. The number of ether oxygens (including phenoxy) is 1. The number of benzene rings is 1. The van der Waals surface area contributed by atoms with E-state index in [4.69, 9.17) is 4.74 Å². The van der Waals surface area contributed by atoms with Gasteiger partial charge in [-0.2, -0.15) is 0 Å². The van der Waals surface area contributed by atoms with Gasteiger partial charge < -0.3 is 10.1 Å². The van der Waals surface area contributed by atoms with Crippen LogP contribution in [0.1, 0.15) is 5.56 Å². The van der Waals surface area contributed by atoms with E-state index in [0.717, 1.165) is 10.5 Å². The van der Waals surface area contributed by atoms with Crippen LogP contribution in [0.25, 0.3) is 0 Å². The molecule has 26 heavy (non-hydrogen) atoms. The highest BCUT2D eigenvalue weighted by molar-refractivity contribution is 6.21. The minimum atomic E-state index is -0.784. The zero-order chi connectivity index (χ0) is 19.0. The van der Waals surface area contributed by atoms with Crippen molar-refractivity contribution < 1.29 is 23.7 Å². The van der Waals surface area contributed by atoms with E-state index in [1.807, 2.05) is 13.0 Å². The molecule has 1 fully saturated rings. The van der Waals surface area contributed by atoms with Crippen molar-refractivity contribution in [2.45, 2.75) is 13.0 Å². The molecule has 0 saturated carbocycles. The van der Waals surface area contributed by atoms with Crippen LogP contribution < -0.4 is 10.1 Å². The molecule has 0 bridgehead atoms. The number of hydrogen-bond donors (Lipinski definition) is 1. The number of amidine groups is 1. The Balaban J connectivity index is 1.75. The largest absolute Gasteiger partial charge is 0.495 e. The van der Waals surface area contributed by atoms with Crippen LogP contribution in [-0.4, -0.2) is 78.2 Å². The standard InChI is InChI=1S/C17H19N5O4/c1-10-5-6-12(26-4)11(7-10)19-13(23)8-22-9-18-15-14(22)16(24)21(3)17(25)20(15)2/h5-7,9,14H,8H2,1-4H3/p+1. The molecule has 0 spiro atoms. The molecule has 2 heterocycles. The Morgan fingerprint density at radius 2 is 2.04 bits per heavy atom. The van der Waals surface area contributed by atoms with Crippen molar-refractivity contribution in [3.8, 4) is 5.75 Å². The highest BCUT2D eigenvalue weighted by atomic mass is 16.5. The number of aryl methyl sites for hydroxylation is 1. The summed E-state index contributed by atoms with van der Waals surface area (Å²) < 4.78 is 6.76. The predicted molar refractivity (Wildman–Crippen MR) is 94.7 cm³/mol. The average Bonchev–Trinajstić information content (AvgIpc) is 3.02. The summed E-state index contributed by atoms with van der Waals surface area (Å²) in [6.45, 7) is 1.82. The first-order valence-electron chi connectivity index (χ1n) is 8.00. The van der Waals surface area contributed by atoms with Gasteiger partial charge in [-0.1, -0.05) is 6.07 Å². The Morgan fingerprint density at radius 1 is 1.31 bits per heavy atom. The van der Waals surface area contributed by atoms with Gasteiger partial charge in [-0.15, -0.1) is 0 Å². The van der Waals surface area contributed by atoms with E-state index < -0.39 is 18.0 Å². The van der Waals surface area contributed by atoms with E-state index in [2.05, 4.69) is 10.3 Å². The topological polar surface area (TPSA) is 94.3 Å². The maximum atomic E-state index is 12.5. The van der Waals surface area contributed by atoms with Crippen LogP contribution in [0.5, 0.6) is 5.75 Å². The molecule has 1 N–H and O–H groups in total. The van der Waals surface area contributed by atoms with E-state index in [-0.39, 0.29) is 12.5 Å². The maximum Gasteiger partial charge on any atom is 0.333 e. The van der Waals surface area contributed by atoms with Crippen molar-refractivity contribution >= 4 is 35.7 Å². The third-order valence-electron chi connectivity index (χ3n) is 4.35. The fraction of sp³-hybridized carbons (Fsp3) is 0.353. The number of rotatable bonds is 4. The van der Waals surface area contributed by atoms with E-state index in [9.17, 15) is 14.4 Å². The molecule has 1 saturated heterocycles. The van der Waals surface area contributed by atoms with Gasteiger partial charge in [0.2, 0.25) is 0 Å². The van der Waals surface area contributed by atoms with Crippen LogP contribution in [0.3, 0.4) is 0 Å². The number of imide groups is 1. The number of likely N-dealkylation sites (N-methyl/N-ethyl adjacent to an activating group) is 2. The molecule has 136 valence electrons. The van der Waals surface area contributed by atoms with Crippen LogP contribution in [0.4, 0.5) is 10.5 Å². The summed E-state index contributed by atoms with van der Waals surface area (Å²) in [5, 5.41) is 2.79. The third-order valence-corrected chi connectivity index (χ3v) is 4.35. The normalized spacial score (nSPS) is 19.2. The number of nitrogens with one attached hydrogen (secondary N) is 1. The number of fused-ring (bicyclic) bond motifs is 1. The summed E-state index contributed by atoms with van der Waals surface area (Å²) >= 11 is 0. The Hall–Kier alpha value is -3.23. The molecular formula is C17H20N5O4+. The molecule has 9 nitrogen and oxygen atoms in total. The highest BCUT2D eigenvalue weighted by Gasteiger charge is 2.50. The van der Waals surface area contributed by atoms with Crippen LogP contribution in [-0.2, 0) is 9.59 Å². The van der Waals surface area contributed by atoms with E-state index in [1.54, 1.807) is 19.2 Å². The Morgan fingerprint density at radius 3 is 2.73 bits per heavy atom. The van der Waals surface area contributed by atoms with Gasteiger partial charge in [0.25, 0.3) is 30.0 Å². The molecule has 0 aromatic heterocycles. The number of amides is 4. The summed E-state index contributed by atoms with van der Waals surface area (Å²) in [6, 6.07) is 4.22. The van der Waals surface area contributed by atoms with Gasteiger partial charge in [0.1, 0.15) is 5.75 Å². The van der Waals surface area contributed by atoms with Gasteiger partial charge in [-0.3, -0.25) is 19.4 Å². The van der Waals surface area contributed by atoms with Crippen molar-refractivity contribution in [1.29, 1.82) is 0 Å². The molecular weight excluding hydrogens is 338 g/mol. The van der Waals surface area contributed by atoms with E-state index in [0.29, 0.717) is 17.3 Å². The predicted octanol–water partition coefficient (Wildman–Crippen LogP) is 0.287. The number of carbonyl (C=O) groups is 3. The summed E-state index contributed by atoms with van der Waals surface area (Å²) in [5.74, 6) is 0.127. The van der Waals surface area contributed by atoms with Crippen LogP contribution in [0.15, 0.2) is 23.2 Å². The fourth-order valence-corrected chi connectivity index (χ4v) is 2.95. The molecule has 2 aliphatic rings. The SMILES string of the molecule is COc1ccc(C)cc1NC(=O)C[N+]1=CN=C2C1C(=O)N(C)C(=O)N2C. The number of urea groups is 1. The summed E-state index contributed by atoms with van der Waals surface area (Å²) in [6.07, 6.45) is 1.41. The van der Waals surface area contributed by atoms with Crippen molar-refractivity contribution in [3.63, 3.8) is 0 Å². The van der Waals surface area contributed by atoms with E-state index in [1.165, 1.54) is 30.0 Å².